The highest BCUT2D eigenvalue weighted by Crippen LogP contribution is 2.14. The number of hydrogen-bond donors (Lipinski definition) is 1. The average molecular weight is 178 g/mol. The van der Waals surface area contributed by atoms with Crippen molar-refractivity contribution in [1.29, 1.82) is 0 Å². The van der Waals surface area contributed by atoms with Crippen LogP contribution >= 0.6 is 0 Å². The molecule has 13 heavy (non-hydrogen) atoms. The molecule has 1 heterocycles. The quantitative estimate of drug-likeness (QED) is 0.759. The first-order chi connectivity index (χ1) is 6.38. The molecule has 2 N–H and O–H groups in total. The molecule has 0 bridgehead atoms. The molecule has 0 atom stereocenters. The molecule has 0 aromatic carbocycles. The minimum atomic E-state index is 0.649. The monoisotopic (exact) mass is 178 g/mol. The molecule has 0 aliphatic rings. The molecule has 3 heteroatoms. The summed E-state index contributed by atoms with van der Waals surface area (Å²) in [4.78, 5) is 4.07. The maximum atomic E-state index is 5.37. The van der Waals surface area contributed by atoms with Crippen molar-refractivity contribution < 1.29 is 4.74 Å². The fourth-order valence-corrected chi connectivity index (χ4v) is 1.01. The van der Waals surface area contributed by atoms with Crippen LogP contribution < -0.4 is 10.5 Å². The average Bonchev–Trinajstić information content (AvgIpc) is 2.19. The van der Waals surface area contributed by atoms with Crippen molar-refractivity contribution in [2.75, 3.05) is 13.7 Å². The topological polar surface area (TPSA) is 48.1 Å². The van der Waals surface area contributed by atoms with E-state index in [-0.39, 0.29) is 0 Å². The lowest BCUT2D eigenvalue weighted by Crippen LogP contribution is -1.95. The van der Waals surface area contributed by atoms with E-state index in [4.69, 9.17) is 10.5 Å². The van der Waals surface area contributed by atoms with Gasteiger partial charge in [0.1, 0.15) is 0 Å². The van der Waals surface area contributed by atoms with Crippen LogP contribution in [0, 0.1) is 0 Å². The van der Waals surface area contributed by atoms with Gasteiger partial charge in [0, 0.05) is 11.8 Å². The number of rotatable bonds is 4. The number of aromatic nitrogens is 1. The largest absolute Gasteiger partial charge is 0.481 e. The smallest absolute Gasteiger partial charge is 0.220 e. The molecule has 0 aliphatic carbocycles. The summed E-state index contributed by atoms with van der Waals surface area (Å²) >= 11 is 0. The minimum absolute atomic E-state index is 0.649. The summed E-state index contributed by atoms with van der Waals surface area (Å²) in [6.45, 7) is 0.666. The molecule has 0 radical (unpaired) electrons. The van der Waals surface area contributed by atoms with Crippen LogP contribution in [0.5, 0.6) is 5.88 Å². The summed E-state index contributed by atoms with van der Waals surface area (Å²) in [5, 5.41) is 0. The molecule has 0 saturated heterocycles. The number of hydrogen-bond acceptors (Lipinski definition) is 3. The molecule has 0 fully saturated rings. The van der Waals surface area contributed by atoms with Crippen molar-refractivity contribution in [2.24, 2.45) is 5.73 Å². The lowest BCUT2D eigenvalue weighted by atomic mass is 10.2. The Morgan fingerprint density at radius 3 is 3.15 bits per heavy atom. The lowest BCUT2D eigenvalue weighted by Gasteiger charge is -2.01. The Morgan fingerprint density at radius 2 is 2.46 bits per heavy atom. The van der Waals surface area contributed by atoms with Crippen molar-refractivity contribution >= 4 is 6.08 Å². The van der Waals surface area contributed by atoms with E-state index < -0.39 is 0 Å². The summed E-state index contributed by atoms with van der Waals surface area (Å²) in [5.74, 6) is 0.649. The first-order valence-corrected chi connectivity index (χ1v) is 4.24. The van der Waals surface area contributed by atoms with Crippen LogP contribution in [-0.2, 0) is 0 Å². The predicted molar refractivity (Wildman–Crippen MR) is 53.5 cm³/mol. The second-order valence-electron chi connectivity index (χ2n) is 2.58. The Labute approximate surface area is 78.2 Å². The zero-order valence-electron chi connectivity index (χ0n) is 7.73. The molecule has 1 aromatic rings. The zero-order chi connectivity index (χ0) is 9.52. The fourth-order valence-electron chi connectivity index (χ4n) is 1.01. The van der Waals surface area contributed by atoms with Crippen LogP contribution in [0.3, 0.4) is 0 Å². The second kappa shape index (κ2) is 5.32. The van der Waals surface area contributed by atoms with E-state index in [1.165, 1.54) is 0 Å². The van der Waals surface area contributed by atoms with Crippen LogP contribution in [0.2, 0.25) is 0 Å². The predicted octanol–water partition coefficient (Wildman–Crippen LogP) is 1.45. The number of ether oxygens (including phenoxy) is 1. The molecule has 1 rings (SSSR count). The number of methoxy groups -OCH3 is 1. The zero-order valence-corrected chi connectivity index (χ0v) is 7.73. The fraction of sp³-hybridized carbons (Fsp3) is 0.300. The minimum Gasteiger partial charge on any atom is -0.481 e. The highest BCUT2D eigenvalue weighted by Gasteiger charge is 1.96. The van der Waals surface area contributed by atoms with E-state index in [1.54, 1.807) is 13.3 Å². The summed E-state index contributed by atoms with van der Waals surface area (Å²) in [5.41, 5.74) is 6.35. The Hall–Kier alpha value is -1.35. The van der Waals surface area contributed by atoms with Crippen LogP contribution in [0.1, 0.15) is 12.0 Å². The molecular weight excluding hydrogens is 164 g/mol. The third-order valence-electron chi connectivity index (χ3n) is 1.62. The van der Waals surface area contributed by atoms with Crippen molar-refractivity contribution in [1.82, 2.24) is 4.98 Å². The maximum absolute atomic E-state index is 5.37. The van der Waals surface area contributed by atoms with E-state index in [1.807, 2.05) is 24.3 Å². The summed E-state index contributed by atoms with van der Waals surface area (Å²) in [6, 6.07) is 3.84. The standard InChI is InChI=1S/C10H14N2O/c1-13-10-9(5-2-3-7-11)6-4-8-12-10/h2,4-6,8H,3,7,11H2,1H3. The van der Waals surface area contributed by atoms with Gasteiger partial charge in [-0.05, 0) is 25.1 Å². The van der Waals surface area contributed by atoms with Gasteiger partial charge in [0.25, 0.3) is 0 Å². The highest BCUT2D eigenvalue weighted by molar-refractivity contribution is 5.54. The van der Waals surface area contributed by atoms with Crippen molar-refractivity contribution in [3.05, 3.63) is 30.0 Å². The van der Waals surface area contributed by atoms with Gasteiger partial charge in [0.15, 0.2) is 0 Å². The van der Waals surface area contributed by atoms with Gasteiger partial charge in [-0.25, -0.2) is 4.98 Å². The molecule has 0 saturated carbocycles. The van der Waals surface area contributed by atoms with Gasteiger partial charge in [-0.1, -0.05) is 12.2 Å². The van der Waals surface area contributed by atoms with E-state index in [0.29, 0.717) is 12.4 Å². The van der Waals surface area contributed by atoms with Crippen LogP contribution in [0.25, 0.3) is 6.08 Å². The highest BCUT2D eigenvalue weighted by atomic mass is 16.5. The van der Waals surface area contributed by atoms with E-state index in [2.05, 4.69) is 4.98 Å². The first kappa shape index (κ1) is 9.74. The Bertz CT molecular complexity index is 284. The SMILES string of the molecule is COc1ncccc1C=CCCN. The van der Waals surface area contributed by atoms with E-state index >= 15 is 0 Å². The molecule has 70 valence electrons. The molecule has 0 aliphatic heterocycles. The van der Waals surface area contributed by atoms with Gasteiger partial charge < -0.3 is 10.5 Å². The number of pyridine rings is 1. The van der Waals surface area contributed by atoms with Gasteiger partial charge in [-0.3, -0.25) is 0 Å². The number of nitrogens with zero attached hydrogens (tertiary/aromatic N) is 1. The second-order valence-corrected chi connectivity index (χ2v) is 2.58. The molecule has 1 aromatic heterocycles. The van der Waals surface area contributed by atoms with Crippen LogP contribution in [0.4, 0.5) is 0 Å². The van der Waals surface area contributed by atoms with Crippen molar-refractivity contribution in [2.45, 2.75) is 6.42 Å². The van der Waals surface area contributed by atoms with Crippen molar-refractivity contribution in [3.8, 4) is 5.88 Å². The van der Waals surface area contributed by atoms with Gasteiger partial charge in [-0.2, -0.15) is 0 Å². The van der Waals surface area contributed by atoms with Gasteiger partial charge in [0.05, 0.1) is 7.11 Å². The van der Waals surface area contributed by atoms with Crippen LogP contribution in [-0.4, -0.2) is 18.6 Å². The lowest BCUT2D eigenvalue weighted by molar-refractivity contribution is 0.397. The van der Waals surface area contributed by atoms with Gasteiger partial charge in [-0.15, -0.1) is 0 Å². The summed E-state index contributed by atoms with van der Waals surface area (Å²) in [7, 11) is 1.61. The normalized spacial score (nSPS) is 10.6. The molecule has 0 amide bonds. The third kappa shape index (κ3) is 2.87. The summed E-state index contributed by atoms with van der Waals surface area (Å²) in [6.07, 6.45) is 6.56. The number of nitrogens with two attached hydrogens (primary N) is 1. The van der Waals surface area contributed by atoms with Gasteiger partial charge in [0.2, 0.25) is 5.88 Å². The Morgan fingerprint density at radius 1 is 1.62 bits per heavy atom. The summed E-state index contributed by atoms with van der Waals surface area (Å²) < 4.78 is 5.08. The molecule has 0 unspecified atom stereocenters. The Balaban J connectivity index is 2.74. The van der Waals surface area contributed by atoms with Crippen molar-refractivity contribution in [3.63, 3.8) is 0 Å². The maximum Gasteiger partial charge on any atom is 0.220 e. The van der Waals surface area contributed by atoms with Gasteiger partial charge >= 0.3 is 0 Å². The molecular formula is C10H14N2O. The third-order valence-corrected chi connectivity index (χ3v) is 1.62. The Kier molecular flexibility index (Phi) is 3.99. The molecule has 0 spiro atoms. The van der Waals surface area contributed by atoms with E-state index in [0.717, 1.165) is 12.0 Å². The van der Waals surface area contributed by atoms with E-state index in [9.17, 15) is 0 Å². The van der Waals surface area contributed by atoms with Crippen LogP contribution in [0.15, 0.2) is 24.4 Å². The molecule has 3 nitrogen and oxygen atoms in total. The first-order valence-electron chi connectivity index (χ1n) is 4.24.